The fraction of sp³-hybridized carbons (Fsp3) is 0.250. The minimum atomic E-state index is -4.51. The average molecular weight is 526 g/mol. The molecule has 27 heavy (non-hydrogen) atoms. The zero-order valence-electron chi connectivity index (χ0n) is 13.2. The van der Waals surface area contributed by atoms with E-state index < -0.39 is 29.2 Å². The zero-order valence-corrected chi connectivity index (χ0v) is 16.4. The Balaban J connectivity index is 0.000000277. The lowest BCUT2D eigenvalue weighted by atomic mass is 10.2. The van der Waals surface area contributed by atoms with Crippen LogP contribution >= 0.6 is 31.9 Å². The Morgan fingerprint density at radius 1 is 0.815 bits per heavy atom. The van der Waals surface area contributed by atoms with E-state index in [9.17, 15) is 26.3 Å². The second-order valence-corrected chi connectivity index (χ2v) is 6.70. The van der Waals surface area contributed by atoms with Crippen LogP contribution in [0.5, 0.6) is 11.5 Å². The number of halogens is 8. The number of phenolic OH excluding ortho intramolecular Hbond substituents is 1. The van der Waals surface area contributed by atoms with E-state index in [0.717, 1.165) is 18.2 Å². The Hall–Kier alpha value is -1.46. The van der Waals surface area contributed by atoms with Gasteiger partial charge in [0.05, 0.1) is 17.7 Å². The molecule has 2 aromatic carbocycles. The lowest BCUT2D eigenvalue weighted by molar-refractivity contribution is -0.139. The number of hydrogen-bond acceptors (Lipinski definition) is 3. The Kier molecular flexibility index (Phi) is 8.43. The Morgan fingerprint density at radius 3 is 1.74 bits per heavy atom. The van der Waals surface area contributed by atoms with E-state index >= 15 is 0 Å². The second-order valence-electron chi connectivity index (χ2n) is 4.87. The molecule has 2 rings (SSSR count). The van der Waals surface area contributed by atoms with Crippen LogP contribution in [0.1, 0.15) is 11.1 Å². The minimum Gasteiger partial charge on any atom is -0.507 e. The number of ether oxygens (including phenoxy) is 1. The SMILES string of the molecule is OCCOc1ccc(Br)cc1C(F)(F)F.Oc1ccc(Br)cc1C(F)(F)F. The van der Waals surface area contributed by atoms with E-state index in [1.54, 1.807) is 0 Å². The molecular formula is C16H12Br2F6O3. The van der Waals surface area contributed by atoms with Gasteiger partial charge in [0.15, 0.2) is 0 Å². The van der Waals surface area contributed by atoms with E-state index in [1.807, 2.05) is 0 Å². The number of phenols is 1. The summed E-state index contributed by atoms with van der Waals surface area (Å²) in [7, 11) is 0. The quantitative estimate of drug-likeness (QED) is 0.482. The molecule has 0 aliphatic heterocycles. The van der Waals surface area contributed by atoms with Crippen LogP contribution in [0.4, 0.5) is 26.3 Å². The molecule has 3 nitrogen and oxygen atoms in total. The maximum Gasteiger partial charge on any atom is 0.420 e. The van der Waals surface area contributed by atoms with E-state index in [2.05, 4.69) is 31.9 Å². The Labute approximate surface area is 166 Å². The number of rotatable bonds is 3. The van der Waals surface area contributed by atoms with Crippen LogP contribution in [0.15, 0.2) is 45.3 Å². The van der Waals surface area contributed by atoms with Crippen LogP contribution in [0.25, 0.3) is 0 Å². The number of aliphatic hydroxyl groups excluding tert-OH is 1. The summed E-state index contributed by atoms with van der Waals surface area (Å²) >= 11 is 5.83. The van der Waals surface area contributed by atoms with Gasteiger partial charge in [0.1, 0.15) is 18.1 Å². The van der Waals surface area contributed by atoms with E-state index in [4.69, 9.17) is 14.9 Å². The van der Waals surface area contributed by atoms with Crippen molar-refractivity contribution >= 4 is 31.9 Å². The summed E-state index contributed by atoms with van der Waals surface area (Å²) in [6.45, 7) is -0.488. The molecule has 0 radical (unpaired) electrons. The molecule has 0 saturated carbocycles. The molecule has 0 amide bonds. The highest BCUT2D eigenvalue weighted by atomic mass is 79.9. The van der Waals surface area contributed by atoms with Crippen molar-refractivity contribution in [3.8, 4) is 11.5 Å². The van der Waals surface area contributed by atoms with Crippen LogP contribution < -0.4 is 4.74 Å². The zero-order chi connectivity index (χ0) is 20.8. The summed E-state index contributed by atoms with van der Waals surface area (Å²) in [4.78, 5) is 0. The molecule has 0 aromatic heterocycles. The second kappa shape index (κ2) is 9.65. The number of aromatic hydroxyl groups is 1. The maximum absolute atomic E-state index is 12.5. The first-order valence-corrected chi connectivity index (χ1v) is 8.61. The lowest BCUT2D eigenvalue weighted by Crippen LogP contribution is -2.10. The fourth-order valence-electron chi connectivity index (χ4n) is 1.74. The van der Waals surface area contributed by atoms with Gasteiger partial charge >= 0.3 is 12.4 Å². The minimum absolute atomic E-state index is 0.162. The molecule has 0 aliphatic rings. The van der Waals surface area contributed by atoms with Gasteiger partial charge in [0.25, 0.3) is 0 Å². The molecule has 0 spiro atoms. The predicted octanol–water partition coefficient (Wildman–Crippen LogP) is 6.01. The summed E-state index contributed by atoms with van der Waals surface area (Å²) in [5, 5.41) is 17.3. The van der Waals surface area contributed by atoms with Crippen molar-refractivity contribution in [1.29, 1.82) is 0 Å². The summed E-state index contributed by atoms with van der Waals surface area (Å²) in [6, 6.07) is 6.75. The van der Waals surface area contributed by atoms with Gasteiger partial charge < -0.3 is 14.9 Å². The molecule has 150 valence electrons. The summed E-state index contributed by atoms with van der Waals surface area (Å²) < 4.78 is 79.0. The summed E-state index contributed by atoms with van der Waals surface area (Å²) in [5.41, 5.74) is -1.89. The summed E-state index contributed by atoms with van der Waals surface area (Å²) in [6.07, 6.45) is -8.97. The fourth-order valence-corrected chi connectivity index (χ4v) is 2.46. The van der Waals surface area contributed by atoms with Gasteiger partial charge in [0, 0.05) is 8.95 Å². The van der Waals surface area contributed by atoms with Gasteiger partial charge in [0.2, 0.25) is 0 Å². The Bertz CT molecular complexity index is 763. The highest BCUT2D eigenvalue weighted by molar-refractivity contribution is 9.10. The topological polar surface area (TPSA) is 49.7 Å². The van der Waals surface area contributed by atoms with Crippen molar-refractivity contribution in [2.45, 2.75) is 12.4 Å². The van der Waals surface area contributed by atoms with Crippen molar-refractivity contribution in [3.63, 3.8) is 0 Å². The van der Waals surface area contributed by atoms with Gasteiger partial charge in [-0.1, -0.05) is 31.9 Å². The van der Waals surface area contributed by atoms with Crippen LogP contribution in [-0.2, 0) is 12.4 Å². The lowest BCUT2D eigenvalue weighted by Gasteiger charge is -2.13. The van der Waals surface area contributed by atoms with Crippen molar-refractivity contribution in [2.75, 3.05) is 13.2 Å². The summed E-state index contributed by atoms with van der Waals surface area (Å²) in [5.74, 6) is -1.04. The monoisotopic (exact) mass is 524 g/mol. The molecule has 2 aromatic rings. The molecule has 0 saturated heterocycles. The van der Waals surface area contributed by atoms with Crippen molar-refractivity contribution in [3.05, 3.63) is 56.5 Å². The molecule has 0 bridgehead atoms. The number of alkyl halides is 6. The predicted molar refractivity (Wildman–Crippen MR) is 92.5 cm³/mol. The number of benzene rings is 2. The number of aliphatic hydroxyl groups is 1. The average Bonchev–Trinajstić information content (AvgIpc) is 2.54. The Morgan fingerprint density at radius 2 is 1.30 bits per heavy atom. The third-order valence-electron chi connectivity index (χ3n) is 2.86. The van der Waals surface area contributed by atoms with Crippen molar-refractivity contribution < 1.29 is 41.3 Å². The van der Waals surface area contributed by atoms with Gasteiger partial charge in [-0.2, -0.15) is 26.3 Å². The first-order valence-electron chi connectivity index (χ1n) is 7.02. The van der Waals surface area contributed by atoms with Gasteiger partial charge in [-0.25, -0.2) is 0 Å². The smallest absolute Gasteiger partial charge is 0.420 e. The highest BCUT2D eigenvalue weighted by Crippen LogP contribution is 2.38. The van der Waals surface area contributed by atoms with Crippen LogP contribution in [0.3, 0.4) is 0 Å². The first-order chi connectivity index (χ1) is 12.4. The van der Waals surface area contributed by atoms with Crippen LogP contribution in [0.2, 0.25) is 0 Å². The highest BCUT2D eigenvalue weighted by Gasteiger charge is 2.35. The van der Waals surface area contributed by atoms with Crippen molar-refractivity contribution in [1.82, 2.24) is 0 Å². The normalized spacial score (nSPS) is 11.6. The molecule has 0 fully saturated rings. The van der Waals surface area contributed by atoms with Gasteiger partial charge in [-0.15, -0.1) is 0 Å². The molecule has 0 unspecified atom stereocenters. The molecular weight excluding hydrogens is 514 g/mol. The van der Waals surface area contributed by atoms with E-state index in [0.29, 0.717) is 4.47 Å². The third kappa shape index (κ3) is 7.59. The van der Waals surface area contributed by atoms with E-state index in [-0.39, 0.29) is 23.4 Å². The molecule has 0 aliphatic carbocycles. The standard InChI is InChI=1S/C9H8BrF3O2.C7H4BrF3O/c10-6-1-2-8(15-4-3-14)7(5-6)9(11,12)13;8-4-1-2-6(12)5(3-4)7(9,10)11/h1-2,5,14H,3-4H2;1-3,12H. The maximum atomic E-state index is 12.5. The van der Waals surface area contributed by atoms with E-state index in [1.165, 1.54) is 18.2 Å². The number of hydrogen-bond donors (Lipinski definition) is 2. The molecule has 11 heteroatoms. The van der Waals surface area contributed by atoms with Gasteiger partial charge in [-0.3, -0.25) is 0 Å². The first kappa shape index (κ1) is 23.6. The molecule has 2 N–H and O–H groups in total. The molecule has 0 heterocycles. The van der Waals surface area contributed by atoms with Crippen LogP contribution in [0, 0.1) is 0 Å². The molecule has 0 atom stereocenters. The largest absolute Gasteiger partial charge is 0.507 e. The van der Waals surface area contributed by atoms with Gasteiger partial charge in [-0.05, 0) is 36.4 Å². The third-order valence-corrected chi connectivity index (χ3v) is 3.85. The van der Waals surface area contributed by atoms with Crippen molar-refractivity contribution in [2.24, 2.45) is 0 Å². The van der Waals surface area contributed by atoms with Crippen LogP contribution in [-0.4, -0.2) is 23.4 Å².